The predicted molar refractivity (Wildman–Crippen MR) is 516 cm³/mol. The largest absolute Gasteiger partial charge is 0.443 e. The molecule has 0 radical (unpaired) electrons. The van der Waals surface area contributed by atoms with Crippen molar-refractivity contribution in [2.24, 2.45) is 0 Å². The number of aryl methyl sites for hydroxylation is 8. The molecule has 0 fully saturated rings. The minimum absolute atomic E-state index is 0.495. The number of fused-ring (bicyclic) bond motifs is 8. The van der Waals surface area contributed by atoms with Crippen LogP contribution >= 0.6 is 34.6 Å². The highest BCUT2D eigenvalue weighted by Crippen LogP contribution is 2.39. The van der Waals surface area contributed by atoms with Crippen molar-refractivity contribution in [3.8, 4) is 33.8 Å². The lowest BCUT2D eigenvalue weighted by atomic mass is 9.95. The second-order valence-electron chi connectivity index (χ2n) is 34.4. The summed E-state index contributed by atoms with van der Waals surface area (Å²) < 4.78 is 43.3. The Balaban J connectivity index is 0.000000128. The van der Waals surface area contributed by atoms with Gasteiger partial charge in [-0.25, -0.2) is 4.98 Å². The predicted octanol–water partition coefficient (Wildman–Crippen LogP) is 32.5. The van der Waals surface area contributed by atoms with Crippen LogP contribution in [0.5, 0.6) is 0 Å². The molecule has 0 bridgehead atoms. The molecule has 0 amide bonds. The fraction of sp³-hybridized carbons (Fsp3) is 0.302. The lowest BCUT2D eigenvalue weighted by Gasteiger charge is -2.09. The molecule has 8 heterocycles. The monoisotopic (exact) mass is 1680 g/mol. The number of hydrogen-bond acceptors (Lipinski definition) is 16. The first-order chi connectivity index (χ1) is 58.4. The molecule has 0 spiro atoms. The summed E-state index contributed by atoms with van der Waals surface area (Å²) in [6, 6.07) is 65.6. The average Bonchev–Trinajstić information content (AvgIpc) is 1.61. The van der Waals surface area contributed by atoms with E-state index >= 15 is 0 Å². The first-order valence-corrected chi connectivity index (χ1v) is 44.8. The van der Waals surface area contributed by atoms with Crippen LogP contribution in [0.2, 0.25) is 0 Å². The Kier molecular flexibility index (Phi) is 29.7. The van der Waals surface area contributed by atoms with Gasteiger partial charge >= 0.3 is 0 Å². The van der Waals surface area contributed by atoms with E-state index in [0.29, 0.717) is 47.3 Å². The highest BCUT2D eigenvalue weighted by Gasteiger charge is 2.19. The third-order valence-electron chi connectivity index (χ3n) is 22.4. The molecule has 0 saturated heterocycles. The second kappa shape index (κ2) is 40.4. The van der Waals surface area contributed by atoms with Gasteiger partial charge in [0.05, 0.1) is 32.2 Å². The van der Waals surface area contributed by atoms with Crippen molar-refractivity contribution >= 4 is 120 Å². The first-order valence-electron chi connectivity index (χ1n) is 42.5. The third kappa shape index (κ3) is 21.5. The van der Waals surface area contributed by atoms with E-state index in [-0.39, 0.29) is 0 Å². The molecule has 0 aliphatic rings. The maximum atomic E-state index is 5.50. The molecule has 628 valence electrons. The number of oxazole rings is 1. The van der Waals surface area contributed by atoms with Crippen molar-refractivity contribution in [1.29, 1.82) is 0 Å². The van der Waals surface area contributed by atoms with E-state index in [1.807, 2.05) is 54.9 Å². The quantitative estimate of drug-likeness (QED) is 0.120. The zero-order chi connectivity index (χ0) is 87.3. The van der Waals surface area contributed by atoms with E-state index in [1.54, 1.807) is 47.0 Å². The molecule has 13 nitrogen and oxygen atoms in total. The molecule has 11 aromatic carbocycles. The number of hydrogen-bond donors (Lipinski definition) is 0. The Morgan fingerprint density at radius 2 is 0.598 bits per heavy atom. The van der Waals surface area contributed by atoms with Gasteiger partial charge in [-0.05, 0) is 323 Å². The van der Waals surface area contributed by atoms with Crippen LogP contribution in [-0.4, -0.2) is 38.7 Å². The fourth-order valence-electron chi connectivity index (χ4n) is 15.9. The van der Waals surface area contributed by atoms with E-state index in [9.17, 15) is 0 Å². The van der Waals surface area contributed by atoms with E-state index in [2.05, 4.69) is 350 Å². The molecule has 0 saturated carbocycles. The van der Waals surface area contributed by atoms with Gasteiger partial charge in [0, 0.05) is 66.8 Å². The fourth-order valence-corrected chi connectivity index (χ4v) is 18.1. The molecule has 0 atom stereocenters. The molecule has 0 unspecified atom stereocenters. The highest BCUT2D eigenvalue weighted by molar-refractivity contribution is 7.14. The summed E-state index contributed by atoms with van der Waals surface area (Å²) in [7, 11) is 0. The number of rotatable bonds is 11. The van der Waals surface area contributed by atoms with Crippen LogP contribution in [0.25, 0.3) is 119 Å². The minimum atomic E-state index is 0.495. The molecule has 122 heavy (non-hydrogen) atoms. The van der Waals surface area contributed by atoms with Crippen molar-refractivity contribution in [1.82, 2.24) is 38.7 Å². The molecule has 8 aromatic heterocycles. The lowest BCUT2D eigenvalue weighted by Crippen LogP contribution is -1.91. The average molecular weight is 1680 g/mol. The SMILES string of the molecule is Cc1cc2c(-c3ccccc3)noc2cc1C(C)C.Cc1cc2c(-c3ccccc3)nsc2cc1C(C)C.Cc1cc2cnoc2cc1C(C)C.Cc1cc2cnsc2cc1C(C)C.Cc1cc2ncoc2cc1C(C)C.Cc1cc2onc(-c3ccccc3)c2cc1C(C)C.Cc1cc2oncc2cc1C(C)C.Cc1cc2sncc2cc1C(C)C. The van der Waals surface area contributed by atoms with Gasteiger partial charge in [0.2, 0.25) is 0 Å². The lowest BCUT2D eigenvalue weighted by molar-refractivity contribution is 0.456. The number of aromatic nitrogens is 8. The maximum absolute atomic E-state index is 5.50. The molecular formula is C106H116N8O5S3. The topological polar surface area (TPSA) is 169 Å². The van der Waals surface area contributed by atoms with Gasteiger partial charge in [0.25, 0.3) is 0 Å². The summed E-state index contributed by atoms with van der Waals surface area (Å²) in [5.74, 6) is 4.39. The van der Waals surface area contributed by atoms with Crippen molar-refractivity contribution < 1.29 is 22.5 Å². The Morgan fingerprint density at radius 3 is 1.10 bits per heavy atom. The van der Waals surface area contributed by atoms with Gasteiger partial charge in [-0.2, -0.15) is 13.1 Å². The minimum Gasteiger partial charge on any atom is -0.443 e. The number of nitrogens with zero attached hydrogens (tertiary/aromatic N) is 8. The van der Waals surface area contributed by atoms with E-state index in [1.165, 1.54) is 131 Å². The van der Waals surface area contributed by atoms with Crippen molar-refractivity contribution in [2.75, 3.05) is 0 Å². The molecule has 16 heteroatoms. The smallest absolute Gasteiger partial charge is 0.181 e. The summed E-state index contributed by atoms with van der Waals surface area (Å²) in [6.07, 6.45) is 8.91. The molecule has 0 aliphatic carbocycles. The summed E-state index contributed by atoms with van der Waals surface area (Å²) in [4.78, 5) is 4.11. The first kappa shape index (κ1) is 89.7. The van der Waals surface area contributed by atoms with Crippen LogP contribution in [-0.2, 0) is 0 Å². The van der Waals surface area contributed by atoms with Crippen molar-refractivity contribution in [3.05, 3.63) is 308 Å². The Labute approximate surface area is 731 Å². The van der Waals surface area contributed by atoms with Crippen molar-refractivity contribution in [3.63, 3.8) is 0 Å². The summed E-state index contributed by atoms with van der Waals surface area (Å²) >= 11 is 4.75. The molecule has 0 N–H and O–H groups in total. The molecule has 19 aromatic rings. The van der Waals surface area contributed by atoms with E-state index in [0.717, 1.165) is 83.2 Å². The summed E-state index contributed by atoms with van der Waals surface area (Å²) in [6.45, 7) is 52.5. The van der Waals surface area contributed by atoms with Gasteiger partial charge in [-0.1, -0.05) is 222 Å². The molecule has 19 rings (SSSR count). The second-order valence-corrected chi connectivity index (χ2v) is 36.8. The van der Waals surface area contributed by atoms with Gasteiger partial charge in [0.1, 0.15) is 16.9 Å². The normalized spacial score (nSPS) is 11.4. The van der Waals surface area contributed by atoms with E-state index < -0.39 is 0 Å². The van der Waals surface area contributed by atoms with Crippen LogP contribution in [0.4, 0.5) is 0 Å². The maximum Gasteiger partial charge on any atom is 0.181 e. The van der Waals surface area contributed by atoms with Gasteiger partial charge in [0.15, 0.2) is 34.3 Å². The summed E-state index contributed by atoms with van der Waals surface area (Å²) in [5, 5.41) is 24.2. The van der Waals surface area contributed by atoms with Crippen LogP contribution in [0.3, 0.4) is 0 Å². The Morgan fingerprint density at radius 1 is 0.262 bits per heavy atom. The molecule has 0 aliphatic heterocycles. The Bertz CT molecular complexity index is 6050. The summed E-state index contributed by atoms with van der Waals surface area (Å²) in [5.41, 5.74) is 33.3. The van der Waals surface area contributed by atoms with Gasteiger partial charge in [-0.15, -0.1) is 0 Å². The van der Waals surface area contributed by atoms with Crippen LogP contribution in [0.1, 0.15) is 247 Å². The highest BCUT2D eigenvalue weighted by atomic mass is 32.1. The standard InChI is InChI=1S/2C17H17NO.C17H17NS.3C11H13NO.2C11H13NS/c1-11(2)14-10-15-16(9-12(14)3)19-18-17(15)13-7-5-4-6-8-13;2*1-11(2)14-10-16-15(9-12(14)3)17(18-19-16)13-7-5-4-6-8-13;1-7(2)9-5-11-10(4-8(9)3)12-6-13-11;1-7(2)10-5-9-6-12-13-11(9)4-8(10)3;1-7(2)10-5-11-9(4-8(10)3)6-12-13-11;1-7(2)10-5-9-6-12-13-11(9)4-8(10)3;1-7(2)10-5-11-9(4-8(10)3)6-12-13-11/h3*4-11H,1-3H3;5*4-7H,1-3H3. The number of benzene rings is 11. The van der Waals surface area contributed by atoms with E-state index in [4.69, 9.17) is 22.5 Å². The molecular weight excluding hydrogens is 1560 g/mol. The Hall–Kier alpha value is -11.6. The van der Waals surface area contributed by atoms with Crippen LogP contribution in [0.15, 0.2) is 242 Å². The van der Waals surface area contributed by atoms with Crippen molar-refractivity contribution in [2.45, 2.75) is 214 Å². The van der Waals surface area contributed by atoms with Gasteiger partial charge in [-0.3, -0.25) is 0 Å². The van der Waals surface area contributed by atoms with Crippen LogP contribution in [0, 0.1) is 55.4 Å². The third-order valence-corrected chi connectivity index (χ3v) is 24.7. The zero-order valence-corrected chi connectivity index (χ0v) is 77.7. The van der Waals surface area contributed by atoms with Gasteiger partial charge < -0.3 is 22.5 Å². The zero-order valence-electron chi connectivity index (χ0n) is 75.2. The van der Waals surface area contributed by atoms with Crippen LogP contribution < -0.4 is 0 Å².